The molecule has 2 N–H and O–H groups in total. The topological polar surface area (TPSA) is 74.2 Å². The van der Waals surface area contributed by atoms with Crippen LogP contribution in [0.3, 0.4) is 0 Å². The first-order valence-electron chi connectivity index (χ1n) is 6.88. The molecule has 102 valence electrons. The van der Waals surface area contributed by atoms with E-state index in [1.165, 1.54) is 12.8 Å². The highest BCUT2D eigenvalue weighted by atomic mass is 16.5. The molecule has 5 nitrogen and oxygen atoms in total. The third-order valence-corrected chi connectivity index (χ3v) is 3.39. The highest BCUT2D eigenvalue weighted by Crippen LogP contribution is 2.42. The summed E-state index contributed by atoms with van der Waals surface area (Å²) < 4.78 is 11.0. The van der Waals surface area contributed by atoms with Gasteiger partial charge in [0.25, 0.3) is 0 Å². The summed E-state index contributed by atoms with van der Waals surface area (Å²) in [6.07, 6.45) is 4.23. The Balaban J connectivity index is 1.91. The number of rotatable bonds is 8. The molecule has 1 aromatic heterocycles. The van der Waals surface area contributed by atoms with Gasteiger partial charge in [0.2, 0.25) is 11.7 Å². The Hall–Kier alpha value is -0.940. The Labute approximate surface area is 108 Å². The largest absolute Gasteiger partial charge is 0.370 e. The van der Waals surface area contributed by atoms with Crippen LogP contribution >= 0.6 is 0 Å². The maximum Gasteiger partial charge on any atom is 0.226 e. The summed E-state index contributed by atoms with van der Waals surface area (Å²) >= 11 is 0. The first-order valence-corrected chi connectivity index (χ1v) is 6.88. The van der Waals surface area contributed by atoms with Crippen molar-refractivity contribution in [1.29, 1.82) is 0 Å². The van der Waals surface area contributed by atoms with Crippen LogP contribution in [0.2, 0.25) is 0 Å². The zero-order valence-corrected chi connectivity index (χ0v) is 11.3. The van der Waals surface area contributed by atoms with Crippen LogP contribution in [0.5, 0.6) is 0 Å². The van der Waals surface area contributed by atoms with Crippen molar-refractivity contribution in [3.63, 3.8) is 0 Å². The molecule has 0 radical (unpaired) electrons. The van der Waals surface area contributed by atoms with Gasteiger partial charge in [-0.3, -0.25) is 0 Å². The van der Waals surface area contributed by atoms with Crippen molar-refractivity contribution in [2.75, 3.05) is 13.2 Å². The van der Waals surface area contributed by atoms with E-state index in [2.05, 4.69) is 17.1 Å². The molecule has 2 atom stereocenters. The van der Waals surface area contributed by atoms with Gasteiger partial charge in [-0.2, -0.15) is 4.98 Å². The van der Waals surface area contributed by atoms with Gasteiger partial charge in [-0.25, -0.2) is 0 Å². The normalized spacial score (nSPS) is 18.8. The van der Waals surface area contributed by atoms with Crippen LogP contribution < -0.4 is 5.73 Å². The zero-order chi connectivity index (χ0) is 13.0. The fourth-order valence-corrected chi connectivity index (χ4v) is 1.97. The molecule has 0 saturated heterocycles. The molecule has 0 spiro atoms. The van der Waals surface area contributed by atoms with Gasteiger partial charge in [0, 0.05) is 13.0 Å². The van der Waals surface area contributed by atoms with E-state index in [0.717, 1.165) is 18.7 Å². The van der Waals surface area contributed by atoms with Crippen molar-refractivity contribution in [2.45, 2.75) is 45.6 Å². The predicted octanol–water partition coefficient (Wildman–Crippen LogP) is 2.08. The molecule has 0 amide bonds. The van der Waals surface area contributed by atoms with E-state index in [1.54, 1.807) is 0 Å². The van der Waals surface area contributed by atoms with Crippen LogP contribution in [0, 0.1) is 11.8 Å². The molecule has 1 aliphatic rings. The lowest BCUT2D eigenvalue weighted by molar-refractivity contribution is 0.0384. The second kappa shape index (κ2) is 6.29. The number of hydrogen-bond donors (Lipinski definition) is 1. The maximum atomic E-state index is 5.71. The molecule has 1 heterocycles. The molecule has 5 heteroatoms. The molecule has 18 heavy (non-hydrogen) atoms. The molecule has 1 saturated carbocycles. The van der Waals surface area contributed by atoms with Crippen molar-refractivity contribution in [3.8, 4) is 0 Å². The Morgan fingerprint density at radius 1 is 1.50 bits per heavy atom. The van der Waals surface area contributed by atoms with Crippen LogP contribution in [-0.4, -0.2) is 23.3 Å². The summed E-state index contributed by atoms with van der Waals surface area (Å²) in [5, 5.41) is 4.06. The third kappa shape index (κ3) is 3.53. The van der Waals surface area contributed by atoms with E-state index < -0.39 is 0 Å². The van der Waals surface area contributed by atoms with Crippen molar-refractivity contribution in [3.05, 3.63) is 11.7 Å². The predicted molar refractivity (Wildman–Crippen MR) is 67.9 cm³/mol. The fraction of sp³-hybridized carbons (Fsp3) is 0.846. The summed E-state index contributed by atoms with van der Waals surface area (Å²) in [7, 11) is 0. The average Bonchev–Trinajstić information content (AvgIpc) is 3.11. The van der Waals surface area contributed by atoms with Gasteiger partial charge in [-0.15, -0.1) is 0 Å². The Bertz CT molecular complexity index is 363. The van der Waals surface area contributed by atoms with E-state index in [-0.39, 0.29) is 6.10 Å². The number of hydrogen-bond acceptors (Lipinski definition) is 5. The Morgan fingerprint density at radius 2 is 2.28 bits per heavy atom. The SMILES string of the molecule is CCOC(c1noc(CCC(C)CN)n1)C1CC1. The minimum Gasteiger partial charge on any atom is -0.370 e. The van der Waals surface area contributed by atoms with Gasteiger partial charge in [0.05, 0.1) is 0 Å². The van der Waals surface area contributed by atoms with Gasteiger partial charge >= 0.3 is 0 Å². The summed E-state index contributed by atoms with van der Waals surface area (Å²) in [4.78, 5) is 4.45. The standard InChI is InChI=1S/C13H23N3O2/c1-3-17-12(10-5-6-10)13-15-11(18-16-13)7-4-9(2)8-14/h9-10,12H,3-8,14H2,1-2H3. The second-order valence-corrected chi connectivity index (χ2v) is 5.14. The van der Waals surface area contributed by atoms with Gasteiger partial charge in [0.1, 0.15) is 6.10 Å². The lowest BCUT2D eigenvalue weighted by atomic mass is 10.1. The molecule has 0 aliphatic heterocycles. The third-order valence-electron chi connectivity index (χ3n) is 3.39. The Morgan fingerprint density at radius 3 is 2.89 bits per heavy atom. The van der Waals surface area contributed by atoms with Crippen molar-refractivity contribution in [1.82, 2.24) is 10.1 Å². The molecule has 1 aliphatic carbocycles. The second-order valence-electron chi connectivity index (χ2n) is 5.14. The molecule has 0 aromatic carbocycles. The molecule has 1 aromatic rings. The van der Waals surface area contributed by atoms with Crippen LogP contribution in [0.15, 0.2) is 4.52 Å². The zero-order valence-electron chi connectivity index (χ0n) is 11.3. The van der Waals surface area contributed by atoms with E-state index in [1.807, 2.05) is 6.92 Å². The van der Waals surface area contributed by atoms with Crippen molar-refractivity contribution < 1.29 is 9.26 Å². The quantitative estimate of drug-likeness (QED) is 0.767. The van der Waals surface area contributed by atoms with E-state index >= 15 is 0 Å². The lowest BCUT2D eigenvalue weighted by Gasteiger charge is -2.11. The highest BCUT2D eigenvalue weighted by Gasteiger charge is 2.36. The summed E-state index contributed by atoms with van der Waals surface area (Å²) in [6, 6.07) is 0. The minimum atomic E-state index is 0.0273. The molecular formula is C13H23N3O2. The van der Waals surface area contributed by atoms with Gasteiger partial charge in [0.15, 0.2) is 0 Å². The minimum absolute atomic E-state index is 0.0273. The number of aromatic nitrogens is 2. The van der Waals surface area contributed by atoms with Crippen LogP contribution in [0.25, 0.3) is 0 Å². The van der Waals surface area contributed by atoms with Gasteiger partial charge < -0.3 is 15.0 Å². The van der Waals surface area contributed by atoms with Gasteiger partial charge in [-0.05, 0) is 44.6 Å². The number of nitrogens with two attached hydrogens (primary N) is 1. The summed E-state index contributed by atoms with van der Waals surface area (Å²) in [6.45, 7) is 5.52. The molecule has 2 unspecified atom stereocenters. The first-order chi connectivity index (χ1) is 8.74. The smallest absolute Gasteiger partial charge is 0.226 e. The van der Waals surface area contributed by atoms with Gasteiger partial charge in [-0.1, -0.05) is 12.1 Å². The van der Waals surface area contributed by atoms with Crippen molar-refractivity contribution >= 4 is 0 Å². The Kier molecular flexibility index (Phi) is 4.72. The van der Waals surface area contributed by atoms with Crippen LogP contribution in [-0.2, 0) is 11.2 Å². The average molecular weight is 253 g/mol. The van der Waals surface area contributed by atoms with E-state index in [9.17, 15) is 0 Å². The number of nitrogens with zero attached hydrogens (tertiary/aromatic N) is 2. The summed E-state index contributed by atoms with van der Waals surface area (Å²) in [5.74, 6) is 2.50. The van der Waals surface area contributed by atoms with E-state index in [0.29, 0.717) is 30.9 Å². The summed E-state index contributed by atoms with van der Waals surface area (Å²) in [5.41, 5.74) is 5.59. The fourth-order valence-electron chi connectivity index (χ4n) is 1.97. The molecular weight excluding hydrogens is 230 g/mol. The van der Waals surface area contributed by atoms with Crippen LogP contribution in [0.1, 0.15) is 50.9 Å². The molecule has 2 rings (SSSR count). The maximum absolute atomic E-state index is 5.71. The first kappa shape index (κ1) is 13.5. The molecule has 1 fully saturated rings. The number of ether oxygens (including phenoxy) is 1. The van der Waals surface area contributed by atoms with Crippen LogP contribution in [0.4, 0.5) is 0 Å². The monoisotopic (exact) mass is 253 g/mol. The number of aryl methyl sites for hydroxylation is 1. The highest BCUT2D eigenvalue weighted by molar-refractivity contribution is 4.98. The van der Waals surface area contributed by atoms with Crippen molar-refractivity contribution in [2.24, 2.45) is 17.6 Å². The van der Waals surface area contributed by atoms with E-state index in [4.69, 9.17) is 15.0 Å². The lowest BCUT2D eigenvalue weighted by Crippen LogP contribution is -2.11. The molecule has 0 bridgehead atoms.